The van der Waals surface area contributed by atoms with Crippen molar-refractivity contribution in [3.8, 4) is 0 Å². The molecule has 1 atom stereocenters. The maximum absolute atomic E-state index is 12.8. The summed E-state index contributed by atoms with van der Waals surface area (Å²) < 4.78 is 30.6. The molecule has 2 aromatic carbocycles. The second-order valence-electron chi connectivity index (χ2n) is 6.93. The van der Waals surface area contributed by atoms with Crippen molar-refractivity contribution in [3.63, 3.8) is 0 Å². The van der Waals surface area contributed by atoms with Gasteiger partial charge in [0.1, 0.15) is 0 Å². The number of fused-ring (bicyclic) bond motifs is 1. The van der Waals surface area contributed by atoms with Crippen molar-refractivity contribution < 1.29 is 28.0 Å². The molecule has 0 aliphatic carbocycles. The Morgan fingerprint density at radius 2 is 1.90 bits per heavy atom. The number of hydroxylamine groups is 2. The first kappa shape index (κ1) is 22.4. The molecular weight excluding hydrogens is 420 g/mol. The second-order valence-corrected chi connectivity index (χ2v) is 9.04. The Labute approximate surface area is 180 Å². The minimum atomic E-state index is -3.73. The van der Waals surface area contributed by atoms with E-state index in [1.54, 1.807) is 13.0 Å². The van der Waals surface area contributed by atoms with Crippen LogP contribution in [0.3, 0.4) is 0 Å². The van der Waals surface area contributed by atoms with Crippen molar-refractivity contribution in [3.05, 3.63) is 77.5 Å². The van der Waals surface area contributed by atoms with Gasteiger partial charge in [-0.3, -0.25) is 15.0 Å². The standard InChI is InChI=1S/C22H22N2O6S/c1-2-30-22(26)18-9-7-17(8-10-18)21(24(27)15-25)14-31(28,29)13-16-11-19-5-3-4-6-20(19)23-12-16/h3-12,15,21,27H,2,13-14H2,1H3/t21-/m1/s1. The fourth-order valence-corrected chi connectivity index (χ4v) is 4.81. The molecule has 0 bridgehead atoms. The number of rotatable bonds is 9. The predicted molar refractivity (Wildman–Crippen MR) is 114 cm³/mol. The summed E-state index contributed by atoms with van der Waals surface area (Å²) in [6.07, 6.45) is 1.65. The summed E-state index contributed by atoms with van der Waals surface area (Å²) in [6.45, 7) is 1.91. The van der Waals surface area contributed by atoms with Crippen LogP contribution in [-0.4, -0.2) is 48.4 Å². The number of hydrogen-bond acceptors (Lipinski definition) is 7. The number of benzene rings is 2. The summed E-state index contributed by atoms with van der Waals surface area (Å²) in [4.78, 5) is 27.2. The summed E-state index contributed by atoms with van der Waals surface area (Å²) in [5, 5.41) is 11.1. The lowest BCUT2D eigenvalue weighted by Crippen LogP contribution is -2.30. The minimum absolute atomic E-state index is 0.150. The van der Waals surface area contributed by atoms with Gasteiger partial charge in [-0.25, -0.2) is 18.3 Å². The molecule has 1 heterocycles. The molecule has 0 radical (unpaired) electrons. The lowest BCUT2D eigenvalue weighted by molar-refractivity contribution is -0.158. The van der Waals surface area contributed by atoms with Gasteiger partial charge in [0.15, 0.2) is 9.84 Å². The number of para-hydroxylation sites is 1. The fraction of sp³-hybridized carbons (Fsp3) is 0.227. The molecule has 0 saturated carbocycles. The lowest BCUT2D eigenvalue weighted by atomic mass is 10.1. The van der Waals surface area contributed by atoms with E-state index in [0.717, 1.165) is 10.9 Å². The van der Waals surface area contributed by atoms with Crippen LogP contribution in [-0.2, 0) is 25.1 Å². The molecule has 0 aliphatic heterocycles. The summed E-state index contributed by atoms with van der Waals surface area (Å²) in [7, 11) is -3.73. The molecule has 0 aliphatic rings. The van der Waals surface area contributed by atoms with Gasteiger partial charge in [-0.1, -0.05) is 30.3 Å². The molecule has 162 valence electrons. The number of carbonyl (C=O) groups excluding carboxylic acids is 2. The van der Waals surface area contributed by atoms with E-state index >= 15 is 0 Å². The Bertz CT molecular complexity index is 1180. The molecular formula is C22H22N2O6S. The van der Waals surface area contributed by atoms with Crippen molar-refractivity contribution in [1.82, 2.24) is 10.0 Å². The number of aromatic nitrogens is 1. The summed E-state index contributed by atoms with van der Waals surface area (Å²) in [5.41, 5.74) is 1.91. The van der Waals surface area contributed by atoms with Gasteiger partial charge in [-0.05, 0) is 42.3 Å². The van der Waals surface area contributed by atoms with Crippen LogP contribution in [0.2, 0.25) is 0 Å². The Morgan fingerprint density at radius 1 is 1.19 bits per heavy atom. The third-order valence-electron chi connectivity index (χ3n) is 4.68. The number of esters is 1. The predicted octanol–water partition coefficient (Wildman–Crippen LogP) is 2.92. The number of hydrogen-bond donors (Lipinski definition) is 1. The maximum Gasteiger partial charge on any atom is 0.338 e. The molecule has 3 rings (SSSR count). The van der Waals surface area contributed by atoms with E-state index in [-0.39, 0.29) is 24.3 Å². The number of ether oxygens (including phenoxy) is 1. The van der Waals surface area contributed by atoms with E-state index in [1.165, 1.54) is 30.5 Å². The summed E-state index contributed by atoms with van der Waals surface area (Å²) in [5.74, 6) is -1.32. The molecule has 0 unspecified atom stereocenters. The van der Waals surface area contributed by atoms with Crippen LogP contribution in [0.4, 0.5) is 0 Å². The summed E-state index contributed by atoms with van der Waals surface area (Å²) in [6, 6.07) is 13.9. The van der Waals surface area contributed by atoms with Crippen LogP contribution in [0.15, 0.2) is 60.8 Å². The van der Waals surface area contributed by atoms with E-state index in [9.17, 15) is 23.2 Å². The van der Waals surface area contributed by atoms with Crippen molar-refractivity contribution in [2.45, 2.75) is 18.7 Å². The number of sulfone groups is 1. The second kappa shape index (κ2) is 9.67. The molecule has 3 aromatic rings. The van der Waals surface area contributed by atoms with Crippen molar-refractivity contribution in [1.29, 1.82) is 0 Å². The SMILES string of the molecule is CCOC(=O)c1ccc([C@@H](CS(=O)(=O)Cc2cnc3ccccc3c2)N(O)C=O)cc1. The molecule has 0 saturated heterocycles. The third-order valence-corrected chi connectivity index (χ3v) is 6.28. The fourth-order valence-electron chi connectivity index (χ4n) is 3.20. The van der Waals surface area contributed by atoms with Crippen LogP contribution >= 0.6 is 0 Å². The van der Waals surface area contributed by atoms with Crippen molar-refractivity contribution in [2.24, 2.45) is 0 Å². The molecule has 1 amide bonds. The highest BCUT2D eigenvalue weighted by atomic mass is 32.2. The van der Waals surface area contributed by atoms with Gasteiger partial charge in [-0.15, -0.1) is 0 Å². The number of amides is 1. The number of nitrogens with zero attached hydrogens (tertiary/aromatic N) is 2. The highest BCUT2D eigenvalue weighted by Gasteiger charge is 2.26. The van der Waals surface area contributed by atoms with Crippen LogP contribution < -0.4 is 0 Å². The minimum Gasteiger partial charge on any atom is -0.462 e. The normalized spacial score (nSPS) is 12.3. The average Bonchev–Trinajstić information content (AvgIpc) is 2.77. The van der Waals surface area contributed by atoms with E-state index in [2.05, 4.69) is 4.98 Å². The van der Waals surface area contributed by atoms with Gasteiger partial charge in [0.25, 0.3) is 0 Å². The van der Waals surface area contributed by atoms with Gasteiger partial charge < -0.3 is 4.74 Å². The van der Waals surface area contributed by atoms with Crippen LogP contribution in [0.5, 0.6) is 0 Å². The Hall–Kier alpha value is -3.30. The monoisotopic (exact) mass is 442 g/mol. The van der Waals surface area contributed by atoms with Gasteiger partial charge >= 0.3 is 5.97 Å². The smallest absolute Gasteiger partial charge is 0.338 e. The average molecular weight is 442 g/mol. The largest absolute Gasteiger partial charge is 0.462 e. The van der Waals surface area contributed by atoms with Crippen LogP contribution in [0, 0.1) is 0 Å². The Kier molecular flexibility index (Phi) is 6.98. The van der Waals surface area contributed by atoms with E-state index in [0.29, 0.717) is 16.2 Å². The highest BCUT2D eigenvalue weighted by molar-refractivity contribution is 7.90. The molecule has 9 heteroatoms. The van der Waals surface area contributed by atoms with Crippen LogP contribution in [0.1, 0.15) is 34.5 Å². The van der Waals surface area contributed by atoms with E-state index < -0.39 is 27.6 Å². The third kappa shape index (κ3) is 5.65. The first-order valence-electron chi connectivity index (χ1n) is 9.56. The molecule has 8 nitrogen and oxygen atoms in total. The highest BCUT2D eigenvalue weighted by Crippen LogP contribution is 2.23. The van der Waals surface area contributed by atoms with Gasteiger partial charge in [0, 0.05) is 11.6 Å². The Morgan fingerprint density at radius 3 is 2.58 bits per heavy atom. The quantitative estimate of drug-likeness (QED) is 0.235. The topological polar surface area (TPSA) is 114 Å². The molecule has 0 fully saturated rings. The molecule has 1 N–H and O–H groups in total. The Balaban J connectivity index is 1.82. The van der Waals surface area contributed by atoms with Gasteiger partial charge in [0.05, 0.1) is 35.2 Å². The van der Waals surface area contributed by atoms with Gasteiger partial charge in [0.2, 0.25) is 6.41 Å². The molecule has 0 spiro atoms. The number of carbonyl (C=O) groups is 2. The number of pyridine rings is 1. The lowest BCUT2D eigenvalue weighted by Gasteiger charge is -2.23. The zero-order chi connectivity index (χ0) is 22.4. The van der Waals surface area contributed by atoms with Crippen molar-refractivity contribution >= 4 is 33.1 Å². The zero-order valence-corrected chi connectivity index (χ0v) is 17.7. The van der Waals surface area contributed by atoms with E-state index in [1.807, 2.05) is 24.3 Å². The zero-order valence-electron chi connectivity index (χ0n) is 16.8. The van der Waals surface area contributed by atoms with E-state index in [4.69, 9.17) is 4.74 Å². The van der Waals surface area contributed by atoms with Crippen LogP contribution in [0.25, 0.3) is 10.9 Å². The molecule has 31 heavy (non-hydrogen) atoms. The maximum atomic E-state index is 12.8. The first-order valence-corrected chi connectivity index (χ1v) is 11.4. The van der Waals surface area contributed by atoms with Gasteiger partial charge in [-0.2, -0.15) is 0 Å². The van der Waals surface area contributed by atoms with Crippen molar-refractivity contribution in [2.75, 3.05) is 12.4 Å². The summed E-state index contributed by atoms with van der Waals surface area (Å²) >= 11 is 0. The molecule has 1 aromatic heterocycles. The first-order chi connectivity index (χ1) is 14.8.